The lowest BCUT2D eigenvalue weighted by Gasteiger charge is -2.05. The van der Waals surface area contributed by atoms with Crippen molar-refractivity contribution in [2.24, 2.45) is 0 Å². The number of phenols is 2. The molecule has 2 aromatic carbocycles. The van der Waals surface area contributed by atoms with E-state index in [9.17, 15) is 10.2 Å². The van der Waals surface area contributed by atoms with Crippen molar-refractivity contribution in [1.82, 2.24) is 0 Å². The predicted octanol–water partition coefficient (Wildman–Crippen LogP) is 3.25. The van der Waals surface area contributed by atoms with Crippen LogP contribution in [0.4, 0.5) is 0 Å². The molecule has 2 rings (SSSR count). The molecular weight excluding hydrogens is 208 g/mol. The molecule has 0 aromatic heterocycles. The van der Waals surface area contributed by atoms with Crippen LogP contribution in [0.25, 0.3) is 0 Å². The zero-order chi connectivity index (χ0) is 10.7. The minimum absolute atomic E-state index is 0.101. The van der Waals surface area contributed by atoms with Gasteiger partial charge in [-0.25, -0.2) is 0 Å². The summed E-state index contributed by atoms with van der Waals surface area (Å²) in [5.41, 5.74) is 0. The maximum atomic E-state index is 9.57. The number of aromatic hydroxyl groups is 2. The summed E-state index contributed by atoms with van der Waals surface area (Å²) in [6, 6.07) is 14.3. The lowest BCUT2D eigenvalue weighted by molar-refractivity contribution is 0.428. The van der Waals surface area contributed by atoms with Crippen LogP contribution < -0.4 is 0 Å². The average molecular weight is 218 g/mol. The average Bonchev–Trinajstić information content (AvgIpc) is 2.25. The Morgan fingerprint density at radius 3 is 1.93 bits per heavy atom. The molecule has 3 heteroatoms. The molecule has 0 atom stereocenters. The van der Waals surface area contributed by atoms with Crippen LogP contribution in [0.1, 0.15) is 0 Å². The molecule has 76 valence electrons. The van der Waals surface area contributed by atoms with Gasteiger partial charge in [0.2, 0.25) is 0 Å². The van der Waals surface area contributed by atoms with E-state index in [0.29, 0.717) is 4.90 Å². The first-order valence-electron chi connectivity index (χ1n) is 4.51. The number of benzene rings is 2. The quantitative estimate of drug-likeness (QED) is 0.812. The molecule has 0 unspecified atom stereocenters. The molecular formula is C12H10O2S. The largest absolute Gasteiger partial charge is 0.507 e. The molecule has 0 heterocycles. The van der Waals surface area contributed by atoms with Crippen LogP contribution in [-0.2, 0) is 0 Å². The van der Waals surface area contributed by atoms with Gasteiger partial charge in [0.15, 0.2) is 0 Å². The summed E-state index contributed by atoms with van der Waals surface area (Å²) in [7, 11) is 0. The summed E-state index contributed by atoms with van der Waals surface area (Å²) in [6.45, 7) is 0. The first-order chi connectivity index (χ1) is 7.27. The molecule has 0 bridgehead atoms. The number of phenolic OH excluding ortho intramolecular Hbond substituents is 2. The fourth-order valence-electron chi connectivity index (χ4n) is 1.22. The van der Waals surface area contributed by atoms with Crippen LogP contribution in [-0.4, -0.2) is 10.2 Å². The van der Waals surface area contributed by atoms with E-state index in [0.717, 1.165) is 4.90 Å². The molecule has 0 saturated heterocycles. The van der Waals surface area contributed by atoms with Gasteiger partial charge in [-0.05, 0) is 24.3 Å². The van der Waals surface area contributed by atoms with Gasteiger partial charge in [-0.1, -0.05) is 36.0 Å². The van der Waals surface area contributed by atoms with Gasteiger partial charge in [-0.2, -0.15) is 0 Å². The highest BCUT2D eigenvalue weighted by Crippen LogP contribution is 2.40. The molecule has 0 aliphatic rings. The summed E-state index contributed by atoms with van der Waals surface area (Å²) in [6.07, 6.45) is 0. The van der Waals surface area contributed by atoms with Gasteiger partial charge >= 0.3 is 0 Å². The van der Waals surface area contributed by atoms with Crippen molar-refractivity contribution in [3.05, 3.63) is 48.5 Å². The Balaban J connectivity index is 2.32. The minimum atomic E-state index is 0.101. The Bertz CT molecular complexity index is 434. The molecule has 15 heavy (non-hydrogen) atoms. The van der Waals surface area contributed by atoms with Crippen molar-refractivity contribution >= 4 is 11.8 Å². The summed E-state index contributed by atoms with van der Waals surface area (Å²) in [5, 5.41) is 19.1. The SMILES string of the molecule is Oc1cccc(O)c1Sc1ccccc1. The van der Waals surface area contributed by atoms with Crippen LogP contribution >= 0.6 is 11.8 Å². The third-order valence-electron chi connectivity index (χ3n) is 1.94. The van der Waals surface area contributed by atoms with E-state index in [1.807, 2.05) is 30.3 Å². The second kappa shape index (κ2) is 4.28. The minimum Gasteiger partial charge on any atom is -0.507 e. The van der Waals surface area contributed by atoms with Gasteiger partial charge in [0.1, 0.15) is 11.5 Å². The molecule has 2 N–H and O–H groups in total. The van der Waals surface area contributed by atoms with Crippen LogP contribution in [0.5, 0.6) is 11.5 Å². The second-order valence-electron chi connectivity index (χ2n) is 3.04. The maximum absolute atomic E-state index is 9.57. The Kier molecular flexibility index (Phi) is 2.83. The molecule has 0 amide bonds. The topological polar surface area (TPSA) is 40.5 Å². The van der Waals surface area contributed by atoms with E-state index in [1.165, 1.54) is 11.8 Å². The van der Waals surface area contributed by atoms with Crippen LogP contribution in [0.3, 0.4) is 0 Å². The van der Waals surface area contributed by atoms with Gasteiger partial charge in [0.05, 0.1) is 4.90 Å². The van der Waals surface area contributed by atoms with Gasteiger partial charge < -0.3 is 10.2 Å². The Morgan fingerprint density at radius 2 is 1.33 bits per heavy atom. The molecule has 0 aliphatic heterocycles. The number of rotatable bonds is 2. The molecule has 2 nitrogen and oxygen atoms in total. The van der Waals surface area contributed by atoms with Crippen LogP contribution in [0.15, 0.2) is 58.3 Å². The molecule has 0 saturated carbocycles. The summed E-state index contributed by atoms with van der Waals surface area (Å²) >= 11 is 1.34. The van der Waals surface area contributed by atoms with Crippen molar-refractivity contribution in [3.8, 4) is 11.5 Å². The lowest BCUT2D eigenvalue weighted by Crippen LogP contribution is -1.76. The monoisotopic (exact) mass is 218 g/mol. The molecule has 0 fully saturated rings. The van der Waals surface area contributed by atoms with Crippen molar-refractivity contribution in [2.45, 2.75) is 9.79 Å². The van der Waals surface area contributed by atoms with Crippen LogP contribution in [0.2, 0.25) is 0 Å². The Labute approximate surface area is 92.2 Å². The first kappa shape index (κ1) is 9.93. The van der Waals surface area contributed by atoms with E-state index >= 15 is 0 Å². The zero-order valence-electron chi connectivity index (χ0n) is 7.92. The molecule has 0 radical (unpaired) electrons. The zero-order valence-corrected chi connectivity index (χ0v) is 8.74. The highest BCUT2D eigenvalue weighted by atomic mass is 32.2. The van der Waals surface area contributed by atoms with E-state index in [-0.39, 0.29) is 11.5 Å². The smallest absolute Gasteiger partial charge is 0.133 e. The summed E-state index contributed by atoms with van der Waals surface area (Å²) in [4.78, 5) is 1.47. The summed E-state index contributed by atoms with van der Waals surface area (Å²) < 4.78 is 0. The normalized spacial score (nSPS) is 10.1. The lowest BCUT2D eigenvalue weighted by atomic mass is 10.3. The highest BCUT2D eigenvalue weighted by Gasteiger charge is 2.07. The highest BCUT2D eigenvalue weighted by molar-refractivity contribution is 7.99. The van der Waals surface area contributed by atoms with Gasteiger partial charge in [0.25, 0.3) is 0 Å². The van der Waals surface area contributed by atoms with E-state index in [4.69, 9.17) is 0 Å². The van der Waals surface area contributed by atoms with Gasteiger partial charge in [-0.3, -0.25) is 0 Å². The predicted molar refractivity (Wildman–Crippen MR) is 60.3 cm³/mol. The van der Waals surface area contributed by atoms with Gasteiger partial charge in [-0.15, -0.1) is 0 Å². The standard InChI is InChI=1S/C12H10O2S/c13-10-7-4-8-11(14)12(10)15-9-5-2-1-3-6-9/h1-8,13-14H. The van der Waals surface area contributed by atoms with Crippen molar-refractivity contribution in [2.75, 3.05) is 0 Å². The van der Waals surface area contributed by atoms with E-state index in [1.54, 1.807) is 18.2 Å². The van der Waals surface area contributed by atoms with Crippen molar-refractivity contribution in [3.63, 3.8) is 0 Å². The van der Waals surface area contributed by atoms with E-state index < -0.39 is 0 Å². The van der Waals surface area contributed by atoms with Crippen LogP contribution in [0, 0.1) is 0 Å². The Morgan fingerprint density at radius 1 is 0.733 bits per heavy atom. The third-order valence-corrected chi connectivity index (χ3v) is 3.07. The fraction of sp³-hybridized carbons (Fsp3) is 0. The third kappa shape index (κ3) is 2.25. The number of hydrogen-bond donors (Lipinski definition) is 2. The number of hydrogen-bond acceptors (Lipinski definition) is 3. The maximum Gasteiger partial charge on any atom is 0.133 e. The van der Waals surface area contributed by atoms with Crippen molar-refractivity contribution in [1.29, 1.82) is 0 Å². The molecule has 2 aromatic rings. The fourth-order valence-corrected chi connectivity index (χ4v) is 2.10. The first-order valence-corrected chi connectivity index (χ1v) is 5.33. The second-order valence-corrected chi connectivity index (χ2v) is 4.12. The molecule has 0 spiro atoms. The summed E-state index contributed by atoms with van der Waals surface area (Å²) in [5.74, 6) is 0.202. The Hall–Kier alpha value is -1.61. The molecule has 0 aliphatic carbocycles. The van der Waals surface area contributed by atoms with Crippen molar-refractivity contribution < 1.29 is 10.2 Å². The van der Waals surface area contributed by atoms with Gasteiger partial charge in [0, 0.05) is 4.90 Å². The van der Waals surface area contributed by atoms with E-state index in [2.05, 4.69) is 0 Å².